The molecule has 0 atom stereocenters. The van der Waals surface area contributed by atoms with Gasteiger partial charge in [0.1, 0.15) is 0 Å². The van der Waals surface area contributed by atoms with Crippen molar-refractivity contribution in [3.63, 3.8) is 0 Å². The highest BCUT2D eigenvalue weighted by Gasteiger charge is 2.57. The van der Waals surface area contributed by atoms with Gasteiger partial charge in [-0.1, -0.05) is 6.08 Å². The van der Waals surface area contributed by atoms with E-state index >= 15 is 0 Å². The van der Waals surface area contributed by atoms with Crippen LogP contribution in [0.15, 0.2) is 12.7 Å². The van der Waals surface area contributed by atoms with Gasteiger partial charge in [-0.3, -0.25) is 0 Å². The van der Waals surface area contributed by atoms with E-state index in [1.165, 1.54) is 0 Å². The molecular formula is C6H6F6O. The number of rotatable bonds is 3. The smallest absolute Gasteiger partial charge is 0.357 e. The van der Waals surface area contributed by atoms with Gasteiger partial charge in [-0.25, -0.2) is 0 Å². The molecule has 13 heavy (non-hydrogen) atoms. The number of hydrogen-bond acceptors (Lipinski definition) is 1. The fraction of sp³-hybridized carbons (Fsp3) is 0.667. The molecule has 0 fully saturated rings. The minimum absolute atomic E-state index is 0.802. The monoisotopic (exact) mass is 208 g/mol. The van der Waals surface area contributed by atoms with E-state index in [2.05, 4.69) is 11.3 Å². The maximum Gasteiger partial charge on any atom is 0.423 e. The molecular weight excluding hydrogens is 202 g/mol. The van der Waals surface area contributed by atoms with E-state index < -0.39 is 25.1 Å². The van der Waals surface area contributed by atoms with E-state index in [1.54, 1.807) is 0 Å². The first-order valence-corrected chi connectivity index (χ1v) is 3.05. The zero-order valence-electron chi connectivity index (χ0n) is 6.24. The van der Waals surface area contributed by atoms with Crippen LogP contribution in [0.5, 0.6) is 0 Å². The standard InChI is InChI=1S/C6H6F6O/c1-2-3-13-4(5(7,8)9)6(10,11)12/h2,4H,1,3H2. The third-order valence-electron chi connectivity index (χ3n) is 0.975. The Hall–Kier alpha value is -0.720. The second-order valence-electron chi connectivity index (χ2n) is 2.09. The van der Waals surface area contributed by atoms with Crippen molar-refractivity contribution in [3.8, 4) is 0 Å². The van der Waals surface area contributed by atoms with E-state index in [1.807, 2.05) is 0 Å². The molecule has 7 heteroatoms. The molecule has 0 aliphatic carbocycles. The number of halogens is 6. The predicted octanol–water partition coefficient (Wildman–Crippen LogP) is 2.68. The van der Waals surface area contributed by atoms with Gasteiger partial charge in [0.2, 0.25) is 6.10 Å². The summed E-state index contributed by atoms with van der Waals surface area (Å²) in [5.74, 6) is 0. The van der Waals surface area contributed by atoms with Crippen LogP contribution in [-0.2, 0) is 4.74 Å². The van der Waals surface area contributed by atoms with Gasteiger partial charge in [-0.15, -0.1) is 6.58 Å². The molecule has 0 radical (unpaired) electrons. The van der Waals surface area contributed by atoms with E-state index in [-0.39, 0.29) is 0 Å². The lowest BCUT2D eigenvalue weighted by molar-refractivity contribution is -0.319. The first-order valence-electron chi connectivity index (χ1n) is 3.05. The molecule has 0 saturated heterocycles. The van der Waals surface area contributed by atoms with Crippen LogP contribution < -0.4 is 0 Å². The highest BCUT2D eigenvalue weighted by atomic mass is 19.4. The second kappa shape index (κ2) is 3.99. The van der Waals surface area contributed by atoms with Gasteiger partial charge in [0.15, 0.2) is 0 Å². The lowest BCUT2D eigenvalue weighted by atomic mass is 10.3. The zero-order valence-corrected chi connectivity index (χ0v) is 6.24. The van der Waals surface area contributed by atoms with Crippen molar-refractivity contribution in [2.24, 2.45) is 0 Å². The molecule has 0 aliphatic heterocycles. The van der Waals surface area contributed by atoms with Crippen LogP contribution in [0.4, 0.5) is 26.3 Å². The summed E-state index contributed by atoms with van der Waals surface area (Å²) in [6.07, 6.45) is -13.8. The van der Waals surface area contributed by atoms with Crippen molar-refractivity contribution < 1.29 is 31.1 Å². The van der Waals surface area contributed by atoms with Crippen LogP contribution >= 0.6 is 0 Å². The third-order valence-corrected chi connectivity index (χ3v) is 0.975. The minimum atomic E-state index is -5.44. The Bertz CT molecular complexity index is 155. The first-order chi connectivity index (χ1) is 5.69. The van der Waals surface area contributed by atoms with Crippen molar-refractivity contribution in [1.82, 2.24) is 0 Å². The molecule has 0 amide bonds. The van der Waals surface area contributed by atoms with Crippen molar-refractivity contribution in [1.29, 1.82) is 0 Å². The molecule has 1 nitrogen and oxygen atoms in total. The van der Waals surface area contributed by atoms with Gasteiger partial charge < -0.3 is 4.74 Å². The number of ether oxygens (including phenoxy) is 1. The third kappa shape index (κ3) is 4.16. The average molecular weight is 208 g/mol. The van der Waals surface area contributed by atoms with Crippen LogP contribution in [0.3, 0.4) is 0 Å². The largest absolute Gasteiger partial charge is 0.423 e. The molecule has 0 spiro atoms. The van der Waals surface area contributed by atoms with E-state index in [0.717, 1.165) is 6.08 Å². The molecule has 0 rings (SSSR count). The fourth-order valence-corrected chi connectivity index (χ4v) is 0.539. The Kier molecular flexibility index (Phi) is 3.77. The van der Waals surface area contributed by atoms with Crippen molar-refractivity contribution in [2.45, 2.75) is 18.5 Å². The van der Waals surface area contributed by atoms with Gasteiger partial charge in [0.25, 0.3) is 0 Å². The molecule has 0 saturated carbocycles. The van der Waals surface area contributed by atoms with Crippen LogP contribution in [-0.4, -0.2) is 25.1 Å². The molecule has 0 bridgehead atoms. The Morgan fingerprint density at radius 3 is 1.69 bits per heavy atom. The van der Waals surface area contributed by atoms with E-state index in [4.69, 9.17) is 0 Å². The lowest BCUT2D eigenvalue weighted by Gasteiger charge is -2.22. The SMILES string of the molecule is C=CCOC(C(F)(F)F)C(F)(F)F. The highest BCUT2D eigenvalue weighted by molar-refractivity contribution is 4.78. The van der Waals surface area contributed by atoms with Gasteiger partial charge in [0, 0.05) is 0 Å². The lowest BCUT2D eigenvalue weighted by Crippen LogP contribution is -2.44. The van der Waals surface area contributed by atoms with Crippen LogP contribution in [0.2, 0.25) is 0 Å². The minimum Gasteiger partial charge on any atom is -0.357 e. The van der Waals surface area contributed by atoms with Gasteiger partial charge in [-0.05, 0) is 0 Å². The van der Waals surface area contributed by atoms with Crippen LogP contribution in [0.25, 0.3) is 0 Å². The van der Waals surface area contributed by atoms with Crippen molar-refractivity contribution >= 4 is 0 Å². The van der Waals surface area contributed by atoms with Crippen molar-refractivity contribution in [2.75, 3.05) is 6.61 Å². The fourth-order valence-electron chi connectivity index (χ4n) is 0.539. The summed E-state index contributed by atoms with van der Waals surface area (Å²) in [6.45, 7) is 2.14. The molecule has 0 aromatic heterocycles. The maximum absolute atomic E-state index is 11.7. The summed E-state index contributed by atoms with van der Waals surface area (Å²) < 4.78 is 73.5. The molecule has 0 aromatic carbocycles. The first kappa shape index (κ1) is 12.3. The summed E-state index contributed by atoms with van der Waals surface area (Å²) in [6, 6.07) is 0. The summed E-state index contributed by atoms with van der Waals surface area (Å²) in [7, 11) is 0. The average Bonchev–Trinajstić information content (AvgIpc) is 1.81. The predicted molar refractivity (Wildman–Crippen MR) is 32.0 cm³/mol. The van der Waals surface area contributed by atoms with Gasteiger partial charge >= 0.3 is 12.4 Å². The number of hydrogen-bond donors (Lipinski definition) is 0. The second-order valence-corrected chi connectivity index (χ2v) is 2.09. The summed E-state index contributed by atoms with van der Waals surface area (Å²) in [5, 5.41) is 0. The van der Waals surface area contributed by atoms with Crippen molar-refractivity contribution in [3.05, 3.63) is 12.7 Å². The Morgan fingerprint density at radius 2 is 1.46 bits per heavy atom. The quantitative estimate of drug-likeness (QED) is 0.511. The number of alkyl halides is 6. The Morgan fingerprint density at radius 1 is 1.08 bits per heavy atom. The van der Waals surface area contributed by atoms with Crippen LogP contribution in [0, 0.1) is 0 Å². The van der Waals surface area contributed by atoms with Crippen LogP contribution in [0.1, 0.15) is 0 Å². The normalized spacial score (nSPS) is 13.5. The molecule has 78 valence electrons. The van der Waals surface area contributed by atoms with E-state index in [0.29, 0.717) is 0 Å². The van der Waals surface area contributed by atoms with Gasteiger partial charge in [0.05, 0.1) is 6.61 Å². The summed E-state index contributed by atoms with van der Waals surface area (Å²) >= 11 is 0. The Balaban J connectivity index is 4.47. The van der Waals surface area contributed by atoms with E-state index in [9.17, 15) is 26.3 Å². The molecule has 0 unspecified atom stereocenters. The molecule has 0 N–H and O–H groups in total. The molecule has 0 aromatic rings. The Labute approximate surface area is 70.0 Å². The molecule has 0 heterocycles. The topological polar surface area (TPSA) is 9.23 Å². The maximum atomic E-state index is 11.7. The summed E-state index contributed by atoms with van der Waals surface area (Å²) in [4.78, 5) is 0. The zero-order chi connectivity index (χ0) is 10.7. The summed E-state index contributed by atoms with van der Waals surface area (Å²) in [5.41, 5.74) is 0. The van der Waals surface area contributed by atoms with Gasteiger partial charge in [-0.2, -0.15) is 26.3 Å². The highest BCUT2D eigenvalue weighted by Crippen LogP contribution is 2.35. The molecule has 0 aliphatic rings.